The van der Waals surface area contributed by atoms with Gasteiger partial charge in [0.15, 0.2) is 0 Å². The predicted molar refractivity (Wildman–Crippen MR) is 96.7 cm³/mol. The number of allylic oxidation sites excluding steroid dienone is 2. The van der Waals surface area contributed by atoms with E-state index in [0.29, 0.717) is 24.5 Å². The second-order valence-electron chi connectivity index (χ2n) is 9.01. The molecule has 4 fully saturated rings. The summed E-state index contributed by atoms with van der Waals surface area (Å²) in [5, 5.41) is 9.97. The molecule has 2 heterocycles. The van der Waals surface area contributed by atoms with Crippen LogP contribution in [0.1, 0.15) is 46.0 Å². The first kappa shape index (κ1) is 22.3. The molecule has 2 aliphatic carbocycles. The Bertz CT molecular complexity index is 718. The van der Waals surface area contributed by atoms with Crippen LogP contribution < -0.4 is 0 Å². The van der Waals surface area contributed by atoms with Gasteiger partial charge < -0.3 is 19.3 Å². The molecule has 6 nitrogen and oxygen atoms in total. The van der Waals surface area contributed by atoms with Crippen LogP contribution in [0.3, 0.4) is 0 Å². The molecular weight excluding hydrogens is 575 g/mol. The fraction of sp³-hybridized carbons (Fsp3) is 0.714. The van der Waals surface area contributed by atoms with Crippen LogP contribution in [0.5, 0.6) is 0 Å². The van der Waals surface area contributed by atoms with Gasteiger partial charge in [-0.25, -0.2) is 9.59 Å². The molecule has 2 saturated heterocycles. The number of aliphatic hydroxyl groups excluding tert-OH is 1. The van der Waals surface area contributed by atoms with E-state index >= 15 is 0 Å². The number of carbonyl (C=O) groups is 2. The van der Waals surface area contributed by atoms with Crippen molar-refractivity contribution in [3.05, 3.63) is 23.8 Å². The Hall–Kier alpha value is -0.378. The molecule has 0 aromatic heterocycles. The van der Waals surface area contributed by atoms with Crippen LogP contribution in [-0.2, 0) is 19.0 Å². The Morgan fingerprint density at radius 2 is 1.96 bits per heavy atom. The van der Waals surface area contributed by atoms with Gasteiger partial charge in [0, 0.05) is 49.5 Å². The molecule has 0 bridgehead atoms. The van der Waals surface area contributed by atoms with E-state index in [1.807, 2.05) is 6.08 Å². The summed E-state index contributed by atoms with van der Waals surface area (Å²) in [6, 6.07) is 0. The van der Waals surface area contributed by atoms with Gasteiger partial charge in [-0.05, 0) is 49.4 Å². The Labute approximate surface area is 201 Å². The first-order valence-corrected chi connectivity index (χ1v) is 9.82. The van der Waals surface area contributed by atoms with Crippen LogP contribution >= 0.6 is 0 Å². The van der Waals surface area contributed by atoms with Crippen molar-refractivity contribution in [1.29, 1.82) is 0 Å². The minimum atomic E-state index is -0.836. The number of rotatable bonds is 2. The third kappa shape index (κ3) is 3.50. The van der Waals surface area contributed by atoms with Crippen molar-refractivity contribution >= 4 is 12.1 Å². The van der Waals surface area contributed by atoms with Crippen molar-refractivity contribution < 1.29 is 73.0 Å². The molecule has 4 rings (SSSR count). The van der Waals surface area contributed by atoms with Gasteiger partial charge in [0.05, 0.1) is 5.57 Å². The quantitative estimate of drug-likeness (QED) is 0.297. The molecule has 0 spiro atoms. The third-order valence-electron chi connectivity index (χ3n) is 7.60. The summed E-state index contributed by atoms with van der Waals surface area (Å²) >= 11 is 0. The monoisotopic (exact) mass is 603 g/mol. The van der Waals surface area contributed by atoms with Crippen LogP contribution in [0.15, 0.2) is 23.8 Å². The first-order chi connectivity index (χ1) is 12.8. The van der Waals surface area contributed by atoms with Gasteiger partial charge in [0.25, 0.3) is 0 Å². The second-order valence-corrected chi connectivity index (χ2v) is 9.01. The molecule has 1 N–H and O–H groups in total. The zero-order valence-corrected chi connectivity index (χ0v) is 21.4. The predicted octanol–water partition coefficient (Wildman–Crippen LogP) is 3.14. The van der Waals surface area contributed by atoms with E-state index in [-0.39, 0.29) is 73.5 Å². The number of fused-ring (bicyclic) bond motifs is 3. The average Bonchev–Trinajstić information content (AvgIpc) is 2.93. The smallest absolute Gasteiger partial charge is 0.459 e. The largest absolute Gasteiger partial charge is 0.508 e. The molecule has 28 heavy (non-hydrogen) atoms. The summed E-state index contributed by atoms with van der Waals surface area (Å²) in [5.41, 5.74) is 1.34. The van der Waals surface area contributed by atoms with Gasteiger partial charge in [-0.2, -0.15) is 0 Å². The summed E-state index contributed by atoms with van der Waals surface area (Å²) < 4.78 is 15.7. The van der Waals surface area contributed by atoms with Crippen molar-refractivity contribution in [3.8, 4) is 0 Å². The van der Waals surface area contributed by atoms with E-state index in [2.05, 4.69) is 20.4 Å². The number of esters is 1. The summed E-state index contributed by atoms with van der Waals surface area (Å²) in [4.78, 5) is 23.4. The van der Waals surface area contributed by atoms with E-state index in [1.54, 1.807) is 0 Å². The van der Waals surface area contributed by atoms with E-state index in [1.165, 1.54) is 5.57 Å². The maximum absolute atomic E-state index is 11.8. The minimum absolute atomic E-state index is 0. The zero-order valence-electron chi connectivity index (χ0n) is 16.6. The average molecular weight is 603 g/mol. The summed E-state index contributed by atoms with van der Waals surface area (Å²) in [5.74, 6) is 0.125. The van der Waals surface area contributed by atoms with Crippen molar-refractivity contribution in [2.24, 2.45) is 22.7 Å². The molecule has 6 atom stereocenters. The topological polar surface area (TPSA) is 82.1 Å². The molecule has 0 aromatic carbocycles. The Morgan fingerprint density at radius 1 is 1.21 bits per heavy atom. The van der Waals surface area contributed by atoms with Crippen LogP contribution in [0.25, 0.3) is 0 Å². The van der Waals surface area contributed by atoms with Gasteiger partial charge >= 0.3 is 12.1 Å². The van der Waals surface area contributed by atoms with Gasteiger partial charge in [-0.15, -0.1) is 0 Å². The molecular formula is C21H28AcO6. The van der Waals surface area contributed by atoms with Crippen molar-refractivity contribution in [1.82, 2.24) is 0 Å². The van der Waals surface area contributed by atoms with Crippen molar-refractivity contribution in [2.75, 3.05) is 13.2 Å². The summed E-state index contributed by atoms with van der Waals surface area (Å²) in [6.07, 6.45) is 4.67. The van der Waals surface area contributed by atoms with E-state index in [4.69, 9.17) is 14.2 Å². The number of carbonyl (C=O) groups excluding carboxylic acids is 2. The Kier molecular flexibility index (Phi) is 6.41. The third-order valence-corrected chi connectivity index (χ3v) is 7.60. The minimum Gasteiger partial charge on any atom is -0.459 e. The van der Waals surface area contributed by atoms with E-state index in [0.717, 1.165) is 25.7 Å². The van der Waals surface area contributed by atoms with Gasteiger partial charge in [0.1, 0.15) is 25.4 Å². The summed E-state index contributed by atoms with van der Waals surface area (Å²) in [7, 11) is 0. The van der Waals surface area contributed by atoms with E-state index in [9.17, 15) is 14.7 Å². The van der Waals surface area contributed by atoms with Crippen LogP contribution in [0.4, 0.5) is 4.79 Å². The molecule has 0 amide bonds. The second kappa shape index (κ2) is 8.04. The summed E-state index contributed by atoms with van der Waals surface area (Å²) in [6.45, 7) is 9.23. The Balaban J connectivity index is 0.00000225. The maximum Gasteiger partial charge on any atom is 0.508 e. The fourth-order valence-corrected chi connectivity index (χ4v) is 6.09. The normalized spacial score (nSPS) is 44.0. The molecule has 7 heteroatoms. The zero-order chi connectivity index (χ0) is 19.4. The molecule has 151 valence electrons. The number of aliphatic hydroxyl groups is 1. The number of cyclic esters (lactones) is 2. The molecule has 0 aromatic rings. The molecule has 4 aliphatic rings. The van der Waals surface area contributed by atoms with Crippen LogP contribution in [-0.4, -0.2) is 42.7 Å². The van der Waals surface area contributed by atoms with Crippen LogP contribution in [0, 0.1) is 66.7 Å². The maximum atomic E-state index is 11.8. The number of ether oxygens (including phenoxy) is 3. The fourth-order valence-electron chi connectivity index (χ4n) is 6.09. The van der Waals surface area contributed by atoms with Gasteiger partial charge in [-0.1, -0.05) is 32.1 Å². The SMILES string of the molecule is C=C1CCC2[C@]3(C)COC(=O)OC3CC[C@]2(C)[C@H]1C/C=C1/C(=O)OCC1O.[Ac]. The first-order valence-electron chi connectivity index (χ1n) is 9.82. The van der Waals surface area contributed by atoms with E-state index < -0.39 is 18.2 Å². The molecule has 1 radical (unpaired) electrons. The van der Waals surface area contributed by atoms with Crippen LogP contribution in [0.2, 0.25) is 0 Å². The Morgan fingerprint density at radius 3 is 2.64 bits per heavy atom. The van der Waals surface area contributed by atoms with Gasteiger partial charge in [-0.3, -0.25) is 0 Å². The molecule has 2 aliphatic heterocycles. The number of hydrogen-bond donors (Lipinski definition) is 1. The molecule has 2 saturated carbocycles. The standard InChI is InChI=1S/C21H28O6.Ac/c1-12-4-7-16-20(2,9-8-17-21(16,3)11-26-19(24)27-17)14(12)6-5-13-15(22)10-25-18(13)23;/h5,14-17,22H,1,4,6-11H2,2-3H3;/b13-5+;/t14-,15?,16?,17?,20+,21-;/m0./s1. The van der Waals surface area contributed by atoms with Gasteiger partial charge in [0.2, 0.25) is 0 Å². The molecule has 3 unspecified atom stereocenters. The van der Waals surface area contributed by atoms with Crippen molar-refractivity contribution in [3.63, 3.8) is 0 Å². The number of hydrogen-bond acceptors (Lipinski definition) is 6. The van der Waals surface area contributed by atoms with Crippen molar-refractivity contribution in [2.45, 2.75) is 58.2 Å².